The lowest BCUT2D eigenvalue weighted by Crippen LogP contribution is -2.53. The average molecular weight is 321 g/mol. The van der Waals surface area contributed by atoms with Crippen molar-refractivity contribution in [1.82, 2.24) is 0 Å². The highest BCUT2D eigenvalue weighted by atomic mass is 16.3. The summed E-state index contributed by atoms with van der Waals surface area (Å²) >= 11 is 0. The molecule has 132 valence electrons. The number of fused-ring (bicyclic) bond motifs is 5. The van der Waals surface area contributed by atoms with Crippen LogP contribution in [-0.4, -0.2) is 22.9 Å². The highest BCUT2D eigenvalue weighted by molar-refractivity contribution is 5.09. The second-order valence-corrected chi connectivity index (χ2v) is 9.88. The Morgan fingerprint density at radius 2 is 1.65 bits per heavy atom. The van der Waals surface area contributed by atoms with Crippen LogP contribution in [0.2, 0.25) is 0 Å². The molecular formula is C21H36O2. The standard InChI is InChI=1S/C21H36O2/c1-20-11-4-3-5-14(20)6-7-15-16-8-9-18(19(23)13-22)21(16,2)12-10-17(15)20/h14-19,22-23H,3-13H2,1-2H3/t14-,15?,16?,17?,18?,19?,20?,21?/m1/s1. The highest BCUT2D eigenvalue weighted by Crippen LogP contribution is 2.67. The first-order valence-corrected chi connectivity index (χ1v) is 10.3. The van der Waals surface area contributed by atoms with Gasteiger partial charge >= 0.3 is 0 Å². The van der Waals surface area contributed by atoms with Gasteiger partial charge in [-0.2, -0.15) is 0 Å². The van der Waals surface area contributed by atoms with Gasteiger partial charge < -0.3 is 10.2 Å². The van der Waals surface area contributed by atoms with E-state index < -0.39 is 6.10 Å². The van der Waals surface area contributed by atoms with Crippen molar-refractivity contribution in [2.24, 2.45) is 40.4 Å². The molecule has 0 aliphatic heterocycles. The van der Waals surface area contributed by atoms with Gasteiger partial charge in [-0.3, -0.25) is 0 Å². The molecule has 0 bridgehead atoms. The van der Waals surface area contributed by atoms with Gasteiger partial charge in [-0.15, -0.1) is 0 Å². The van der Waals surface area contributed by atoms with Crippen molar-refractivity contribution in [2.45, 2.75) is 84.2 Å². The molecule has 0 amide bonds. The third-order valence-electron chi connectivity index (χ3n) is 9.31. The fraction of sp³-hybridized carbons (Fsp3) is 1.00. The van der Waals surface area contributed by atoms with E-state index in [0.29, 0.717) is 11.3 Å². The lowest BCUT2D eigenvalue weighted by Gasteiger charge is -2.60. The minimum atomic E-state index is -0.497. The number of aliphatic hydroxyl groups is 2. The van der Waals surface area contributed by atoms with Crippen LogP contribution in [0.5, 0.6) is 0 Å². The molecule has 8 atom stereocenters. The topological polar surface area (TPSA) is 40.5 Å². The first kappa shape index (κ1) is 16.4. The van der Waals surface area contributed by atoms with E-state index in [-0.39, 0.29) is 12.0 Å². The Bertz CT molecular complexity index is 449. The predicted molar refractivity (Wildman–Crippen MR) is 92.9 cm³/mol. The van der Waals surface area contributed by atoms with Crippen molar-refractivity contribution >= 4 is 0 Å². The van der Waals surface area contributed by atoms with Gasteiger partial charge in [-0.1, -0.05) is 26.7 Å². The van der Waals surface area contributed by atoms with E-state index in [1.165, 1.54) is 57.8 Å². The van der Waals surface area contributed by atoms with Crippen molar-refractivity contribution < 1.29 is 10.2 Å². The maximum atomic E-state index is 10.3. The van der Waals surface area contributed by atoms with Crippen molar-refractivity contribution in [3.05, 3.63) is 0 Å². The van der Waals surface area contributed by atoms with E-state index in [4.69, 9.17) is 0 Å². The van der Waals surface area contributed by atoms with Gasteiger partial charge in [-0.25, -0.2) is 0 Å². The zero-order valence-corrected chi connectivity index (χ0v) is 15.1. The van der Waals surface area contributed by atoms with Crippen LogP contribution in [0.15, 0.2) is 0 Å². The van der Waals surface area contributed by atoms with E-state index in [9.17, 15) is 10.2 Å². The molecule has 4 fully saturated rings. The van der Waals surface area contributed by atoms with Gasteiger partial charge in [0.1, 0.15) is 0 Å². The van der Waals surface area contributed by atoms with Crippen molar-refractivity contribution in [1.29, 1.82) is 0 Å². The van der Waals surface area contributed by atoms with Crippen LogP contribution in [-0.2, 0) is 0 Å². The lowest BCUT2D eigenvalue weighted by molar-refractivity contribution is -0.122. The maximum Gasteiger partial charge on any atom is 0.0804 e. The summed E-state index contributed by atoms with van der Waals surface area (Å²) in [5, 5.41) is 19.8. The second kappa shape index (κ2) is 5.73. The molecule has 0 radical (unpaired) electrons. The molecule has 4 rings (SSSR count). The molecule has 4 aliphatic carbocycles. The zero-order chi connectivity index (χ0) is 16.2. The van der Waals surface area contributed by atoms with Crippen LogP contribution in [0.3, 0.4) is 0 Å². The summed E-state index contributed by atoms with van der Waals surface area (Å²) in [5.41, 5.74) is 0.886. The Kier molecular flexibility index (Phi) is 4.08. The Balaban J connectivity index is 1.60. The Morgan fingerprint density at radius 3 is 2.43 bits per heavy atom. The summed E-state index contributed by atoms with van der Waals surface area (Å²) in [7, 11) is 0. The molecule has 23 heavy (non-hydrogen) atoms. The fourth-order valence-electron chi connectivity index (χ4n) is 8.10. The molecule has 2 nitrogen and oxygen atoms in total. The Labute approximate surface area is 142 Å². The van der Waals surface area contributed by atoms with Gasteiger partial charge in [0, 0.05) is 0 Å². The summed E-state index contributed by atoms with van der Waals surface area (Å²) in [6.45, 7) is 5.02. The monoisotopic (exact) mass is 320 g/mol. The minimum absolute atomic E-state index is 0.0547. The molecule has 0 saturated heterocycles. The first-order chi connectivity index (χ1) is 11.0. The molecule has 4 saturated carbocycles. The Morgan fingerprint density at radius 1 is 0.870 bits per heavy atom. The van der Waals surface area contributed by atoms with Gasteiger partial charge in [0.05, 0.1) is 12.7 Å². The van der Waals surface area contributed by atoms with Crippen LogP contribution in [0.4, 0.5) is 0 Å². The van der Waals surface area contributed by atoms with E-state index in [0.717, 1.165) is 30.1 Å². The van der Waals surface area contributed by atoms with Crippen LogP contribution in [0, 0.1) is 40.4 Å². The molecule has 2 N–H and O–H groups in total. The molecule has 0 aromatic heterocycles. The van der Waals surface area contributed by atoms with Gasteiger partial charge in [-0.05, 0) is 91.8 Å². The number of aliphatic hydroxyl groups excluding tert-OH is 2. The molecule has 0 spiro atoms. The van der Waals surface area contributed by atoms with Crippen LogP contribution in [0.1, 0.15) is 78.1 Å². The van der Waals surface area contributed by atoms with Crippen LogP contribution < -0.4 is 0 Å². The van der Waals surface area contributed by atoms with Gasteiger partial charge in [0.15, 0.2) is 0 Å². The van der Waals surface area contributed by atoms with Crippen LogP contribution >= 0.6 is 0 Å². The third-order valence-corrected chi connectivity index (χ3v) is 9.31. The number of hydrogen-bond donors (Lipinski definition) is 2. The zero-order valence-electron chi connectivity index (χ0n) is 15.1. The lowest BCUT2D eigenvalue weighted by atomic mass is 9.45. The molecule has 0 aromatic carbocycles. The Hall–Kier alpha value is -0.0800. The summed E-state index contributed by atoms with van der Waals surface area (Å²) < 4.78 is 0. The molecule has 4 aliphatic rings. The van der Waals surface area contributed by atoms with E-state index >= 15 is 0 Å². The highest BCUT2D eigenvalue weighted by Gasteiger charge is 2.60. The number of hydrogen-bond acceptors (Lipinski definition) is 2. The minimum Gasteiger partial charge on any atom is -0.394 e. The second-order valence-electron chi connectivity index (χ2n) is 9.88. The largest absolute Gasteiger partial charge is 0.394 e. The molecule has 7 unspecified atom stereocenters. The summed E-state index contributed by atoms with van der Waals surface area (Å²) in [6.07, 6.45) is 13.3. The van der Waals surface area contributed by atoms with Gasteiger partial charge in [0.2, 0.25) is 0 Å². The van der Waals surface area contributed by atoms with Crippen LogP contribution in [0.25, 0.3) is 0 Å². The smallest absolute Gasteiger partial charge is 0.0804 e. The molecule has 2 heteroatoms. The van der Waals surface area contributed by atoms with E-state index in [1.807, 2.05) is 0 Å². The van der Waals surface area contributed by atoms with Crippen molar-refractivity contribution in [3.63, 3.8) is 0 Å². The molecular weight excluding hydrogens is 284 g/mol. The quantitative estimate of drug-likeness (QED) is 0.792. The summed E-state index contributed by atoms with van der Waals surface area (Å²) in [5.74, 6) is 3.94. The van der Waals surface area contributed by atoms with Crippen molar-refractivity contribution in [2.75, 3.05) is 6.61 Å². The average Bonchev–Trinajstić information content (AvgIpc) is 2.91. The summed E-state index contributed by atoms with van der Waals surface area (Å²) in [4.78, 5) is 0. The van der Waals surface area contributed by atoms with Gasteiger partial charge in [0.25, 0.3) is 0 Å². The third kappa shape index (κ3) is 2.27. The molecule has 0 aromatic rings. The predicted octanol–water partition coefficient (Wildman–Crippen LogP) is 4.39. The number of rotatable bonds is 2. The van der Waals surface area contributed by atoms with E-state index in [1.54, 1.807) is 0 Å². The summed E-state index contributed by atoms with van der Waals surface area (Å²) in [6, 6.07) is 0. The normalized spacial score (nSPS) is 54.0. The molecule has 0 heterocycles. The first-order valence-electron chi connectivity index (χ1n) is 10.3. The van der Waals surface area contributed by atoms with Crippen molar-refractivity contribution in [3.8, 4) is 0 Å². The SMILES string of the molecule is CC12CCC3C(CC[C@H]4CCCCC34C)C1CCC2C(O)CO. The fourth-order valence-corrected chi connectivity index (χ4v) is 8.10. The maximum absolute atomic E-state index is 10.3. The van der Waals surface area contributed by atoms with E-state index in [2.05, 4.69) is 13.8 Å².